The Labute approximate surface area is 214 Å². The van der Waals surface area contributed by atoms with Gasteiger partial charge in [0, 0.05) is 24.2 Å². The van der Waals surface area contributed by atoms with E-state index in [1.165, 1.54) is 38.6 Å². The SMILES string of the molecule is CCN1C2C3C(C1C(C)(CC)C2(C)CC)C1(C)CC3(C)C(CC(C)(C)C)N(C)C1CC(C)(C)C. The summed E-state index contributed by atoms with van der Waals surface area (Å²) in [4.78, 5) is 6.01. The van der Waals surface area contributed by atoms with Gasteiger partial charge in [0.05, 0.1) is 0 Å². The van der Waals surface area contributed by atoms with Crippen LogP contribution < -0.4 is 0 Å². The minimum Gasteiger partial charge on any atom is -0.299 e. The summed E-state index contributed by atoms with van der Waals surface area (Å²) in [7, 11) is 2.53. The molecular weight excluding hydrogens is 412 g/mol. The molecule has 4 fully saturated rings. The summed E-state index contributed by atoms with van der Waals surface area (Å²) in [5.74, 6) is 1.65. The number of fused-ring (bicyclic) bond motifs is 9. The molecule has 0 amide bonds. The average Bonchev–Trinajstić information content (AvgIpc) is 3.24. The highest BCUT2D eigenvalue weighted by molar-refractivity contribution is 5.32. The molecule has 0 N–H and O–H groups in total. The van der Waals surface area contributed by atoms with Gasteiger partial charge in [-0.3, -0.25) is 9.80 Å². The second kappa shape index (κ2) is 7.72. The molecule has 0 aromatic carbocycles. The summed E-state index contributed by atoms with van der Waals surface area (Å²) in [5, 5.41) is 0. The largest absolute Gasteiger partial charge is 0.299 e. The lowest BCUT2D eigenvalue weighted by molar-refractivity contribution is -0.0878. The van der Waals surface area contributed by atoms with Crippen molar-refractivity contribution in [2.45, 2.75) is 146 Å². The Morgan fingerprint density at radius 3 is 1.29 bits per heavy atom. The molecule has 10 atom stereocenters. The molecule has 198 valence electrons. The molecule has 2 nitrogen and oxygen atoms in total. The molecule has 3 aliphatic heterocycles. The molecule has 0 aromatic heterocycles. The highest BCUT2D eigenvalue weighted by Gasteiger charge is 2.81. The summed E-state index contributed by atoms with van der Waals surface area (Å²) in [6.07, 6.45) is 6.70. The molecule has 0 radical (unpaired) electrons. The zero-order valence-electron chi connectivity index (χ0n) is 25.6. The van der Waals surface area contributed by atoms with Crippen molar-refractivity contribution >= 4 is 0 Å². The first-order chi connectivity index (χ1) is 15.4. The van der Waals surface area contributed by atoms with Gasteiger partial charge in [0.2, 0.25) is 0 Å². The highest BCUT2D eigenvalue weighted by atomic mass is 15.3. The maximum Gasteiger partial charge on any atom is 0.0195 e. The zero-order chi connectivity index (χ0) is 25.9. The van der Waals surface area contributed by atoms with Crippen molar-refractivity contribution in [3.05, 3.63) is 0 Å². The monoisotopic (exact) mass is 472 g/mol. The molecule has 4 rings (SSSR count). The van der Waals surface area contributed by atoms with E-state index in [1.54, 1.807) is 0 Å². The number of rotatable bonds is 5. The predicted molar refractivity (Wildman–Crippen MR) is 148 cm³/mol. The molecule has 0 spiro atoms. The number of hydrogen-bond donors (Lipinski definition) is 0. The van der Waals surface area contributed by atoms with Crippen molar-refractivity contribution in [3.8, 4) is 0 Å². The Morgan fingerprint density at radius 2 is 1.03 bits per heavy atom. The topological polar surface area (TPSA) is 6.48 Å². The van der Waals surface area contributed by atoms with Crippen LogP contribution in [0.1, 0.15) is 122 Å². The minimum absolute atomic E-state index is 0.355. The van der Waals surface area contributed by atoms with E-state index in [0.717, 1.165) is 23.9 Å². The second-order valence-corrected chi connectivity index (χ2v) is 16.7. The third-order valence-electron chi connectivity index (χ3n) is 12.6. The van der Waals surface area contributed by atoms with Gasteiger partial charge in [0.15, 0.2) is 0 Å². The van der Waals surface area contributed by atoms with Crippen LogP contribution in [0, 0.1) is 44.3 Å². The summed E-state index contributed by atoms with van der Waals surface area (Å²) in [6.45, 7) is 34.5. The van der Waals surface area contributed by atoms with Crippen LogP contribution in [0.25, 0.3) is 0 Å². The Bertz CT molecular complexity index is 728. The van der Waals surface area contributed by atoms with Crippen molar-refractivity contribution in [1.29, 1.82) is 0 Å². The van der Waals surface area contributed by atoms with Crippen LogP contribution in [0.3, 0.4) is 0 Å². The maximum atomic E-state index is 3.06. The summed E-state index contributed by atoms with van der Waals surface area (Å²) in [6, 6.07) is 2.82. The van der Waals surface area contributed by atoms with Crippen LogP contribution in [0.15, 0.2) is 0 Å². The quantitative estimate of drug-likeness (QED) is 0.399. The molecule has 3 saturated heterocycles. The third kappa shape index (κ3) is 3.25. The lowest BCUT2D eigenvalue weighted by Crippen LogP contribution is -2.62. The van der Waals surface area contributed by atoms with Crippen LogP contribution in [0.2, 0.25) is 0 Å². The first-order valence-electron chi connectivity index (χ1n) is 14.8. The molecular formula is C32H60N2. The van der Waals surface area contributed by atoms with E-state index in [0.29, 0.717) is 44.6 Å². The standard InChI is InChI=1S/C32H60N2/c1-15-31(12)25-23-24(26(34(25)17-3)32(31,13)16-2)30(11)20-29(23,10)21(18-27(4,5)6)33(14)22(30)19-28(7,8)9/h21-26H,15-20H2,1-14H3. The van der Waals surface area contributed by atoms with E-state index < -0.39 is 0 Å². The smallest absolute Gasteiger partial charge is 0.0195 e. The Balaban J connectivity index is 1.94. The molecule has 3 heterocycles. The molecule has 2 heteroatoms. The highest BCUT2D eigenvalue weighted by Crippen LogP contribution is 2.79. The number of piperidine rings is 1. The lowest BCUT2D eigenvalue weighted by atomic mass is 9.47. The van der Waals surface area contributed by atoms with Crippen molar-refractivity contribution < 1.29 is 0 Å². The molecule has 1 saturated carbocycles. The number of hydrogen-bond acceptors (Lipinski definition) is 2. The fourth-order valence-electron chi connectivity index (χ4n) is 11.1. The summed E-state index contributed by atoms with van der Waals surface area (Å²) in [5.41, 5.74) is 2.32. The average molecular weight is 473 g/mol. The van der Waals surface area contributed by atoms with Gasteiger partial charge in [0.1, 0.15) is 0 Å². The van der Waals surface area contributed by atoms with Gasteiger partial charge in [-0.15, -0.1) is 0 Å². The first kappa shape index (κ1) is 27.0. The molecule has 0 aromatic rings. The third-order valence-corrected chi connectivity index (χ3v) is 12.6. The fourth-order valence-corrected chi connectivity index (χ4v) is 11.1. The zero-order valence-corrected chi connectivity index (χ0v) is 25.6. The number of likely N-dealkylation sites (tertiary alicyclic amines) is 1. The van der Waals surface area contributed by atoms with Crippen LogP contribution in [-0.2, 0) is 0 Å². The van der Waals surface area contributed by atoms with Crippen LogP contribution in [0.5, 0.6) is 0 Å². The van der Waals surface area contributed by atoms with Gasteiger partial charge in [-0.1, -0.05) is 90.0 Å². The van der Waals surface area contributed by atoms with Crippen LogP contribution in [0.4, 0.5) is 0 Å². The predicted octanol–water partition coefficient (Wildman–Crippen LogP) is 8.11. The van der Waals surface area contributed by atoms with Crippen molar-refractivity contribution in [1.82, 2.24) is 9.80 Å². The van der Waals surface area contributed by atoms with Crippen LogP contribution in [-0.4, -0.2) is 47.6 Å². The van der Waals surface area contributed by atoms with Gasteiger partial charge in [-0.2, -0.15) is 0 Å². The lowest BCUT2D eigenvalue weighted by Gasteiger charge is -2.58. The Morgan fingerprint density at radius 1 is 0.676 bits per heavy atom. The second-order valence-electron chi connectivity index (χ2n) is 16.7. The molecule has 10 unspecified atom stereocenters. The Hall–Kier alpha value is -0.0800. The van der Waals surface area contributed by atoms with E-state index in [1.807, 2.05) is 0 Å². The van der Waals surface area contributed by atoms with Crippen molar-refractivity contribution in [3.63, 3.8) is 0 Å². The van der Waals surface area contributed by atoms with Gasteiger partial charge in [0.25, 0.3) is 0 Å². The maximum absolute atomic E-state index is 3.06. The molecule has 4 bridgehead atoms. The molecule has 34 heavy (non-hydrogen) atoms. The molecule has 4 aliphatic rings. The number of nitrogens with zero attached hydrogens (tertiary/aromatic N) is 2. The van der Waals surface area contributed by atoms with Crippen molar-refractivity contribution in [2.24, 2.45) is 44.3 Å². The van der Waals surface area contributed by atoms with Gasteiger partial charge in [-0.05, 0) is 90.0 Å². The summed E-state index contributed by atoms with van der Waals surface area (Å²) >= 11 is 0. The van der Waals surface area contributed by atoms with E-state index in [4.69, 9.17) is 0 Å². The van der Waals surface area contributed by atoms with E-state index in [2.05, 4.69) is 107 Å². The van der Waals surface area contributed by atoms with Gasteiger partial charge in [-0.25, -0.2) is 0 Å². The summed E-state index contributed by atoms with van der Waals surface area (Å²) < 4.78 is 0. The molecule has 1 aliphatic carbocycles. The minimum atomic E-state index is 0.355. The van der Waals surface area contributed by atoms with E-state index in [-0.39, 0.29) is 0 Å². The van der Waals surface area contributed by atoms with Crippen molar-refractivity contribution in [2.75, 3.05) is 13.6 Å². The normalized spacial score (nSPS) is 51.4. The Kier molecular flexibility index (Phi) is 6.12. The van der Waals surface area contributed by atoms with E-state index >= 15 is 0 Å². The fraction of sp³-hybridized carbons (Fsp3) is 1.00. The van der Waals surface area contributed by atoms with Gasteiger partial charge >= 0.3 is 0 Å². The first-order valence-corrected chi connectivity index (χ1v) is 14.8. The van der Waals surface area contributed by atoms with Crippen LogP contribution >= 0.6 is 0 Å². The van der Waals surface area contributed by atoms with E-state index in [9.17, 15) is 0 Å². The van der Waals surface area contributed by atoms with Gasteiger partial charge < -0.3 is 0 Å².